The van der Waals surface area contributed by atoms with Gasteiger partial charge in [-0.25, -0.2) is 0 Å². The number of aromatic nitrogens is 3. The molecule has 0 spiro atoms. The fourth-order valence-corrected chi connectivity index (χ4v) is 5.21. The van der Waals surface area contributed by atoms with E-state index < -0.39 is 0 Å². The maximum atomic E-state index is 6.49. The summed E-state index contributed by atoms with van der Waals surface area (Å²) in [5.41, 5.74) is 4.15. The van der Waals surface area contributed by atoms with Crippen LogP contribution in [0.4, 0.5) is 5.69 Å². The molecular formula is C22H27BrN4OS. The van der Waals surface area contributed by atoms with Gasteiger partial charge in [0.05, 0.1) is 0 Å². The van der Waals surface area contributed by atoms with Gasteiger partial charge in [-0.05, 0) is 50.3 Å². The Hall–Kier alpha value is -1.60. The van der Waals surface area contributed by atoms with Gasteiger partial charge in [-0.1, -0.05) is 59.6 Å². The van der Waals surface area contributed by atoms with Crippen molar-refractivity contribution in [2.45, 2.75) is 57.8 Å². The molecule has 5 nitrogen and oxygen atoms in total. The van der Waals surface area contributed by atoms with Crippen molar-refractivity contribution in [1.29, 1.82) is 0 Å². The number of halogens is 1. The number of hydrogen-bond acceptors (Lipinski definition) is 6. The van der Waals surface area contributed by atoms with Gasteiger partial charge < -0.3 is 10.1 Å². The normalized spacial score (nSPS) is 23.2. The molecule has 1 aromatic carbocycles. The van der Waals surface area contributed by atoms with Crippen LogP contribution in [-0.2, 0) is 0 Å². The summed E-state index contributed by atoms with van der Waals surface area (Å²) in [6.45, 7) is 6.71. The van der Waals surface area contributed by atoms with Crippen molar-refractivity contribution in [3.05, 3.63) is 34.3 Å². The fraction of sp³-hybridized carbons (Fsp3) is 0.500. The van der Waals surface area contributed by atoms with Gasteiger partial charge >= 0.3 is 0 Å². The van der Waals surface area contributed by atoms with Gasteiger partial charge in [0.25, 0.3) is 0 Å². The summed E-state index contributed by atoms with van der Waals surface area (Å²) in [6, 6.07) is 6.17. The molecule has 4 rings (SSSR count). The van der Waals surface area contributed by atoms with Gasteiger partial charge in [-0.3, -0.25) is 0 Å². The number of nitrogens with one attached hydrogen (secondary N) is 1. The molecule has 1 aliphatic heterocycles. The zero-order valence-electron chi connectivity index (χ0n) is 17.1. The molecule has 2 heterocycles. The van der Waals surface area contributed by atoms with E-state index in [1.807, 2.05) is 6.07 Å². The Morgan fingerprint density at radius 2 is 2.17 bits per heavy atom. The highest BCUT2D eigenvalue weighted by atomic mass is 79.9. The lowest BCUT2D eigenvalue weighted by Crippen LogP contribution is -2.39. The number of allylic oxidation sites excluding steroid dienone is 2. The van der Waals surface area contributed by atoms with E-state index >= 15 is 0 Å². The molecule has 0 bridgehead atoms. The first kappa shape index (κ1) is 20.7. The second kappa shape index (κ2) is 9.04. The Morgan fingerprint density at radius 1 is 1.31 bits per heavy atom. The predicted molar refractivity (Wildman–Crippen MR) is 122 cm³/mol. The first-order chi connectivity index (χ1) is 14.0. The third kappa shape index (κ3) is 4.61. The lowest BCUT2D eigenvalue weighted by Gasteiger charge is -2.34. The van der Waals surface area contributed by atoms with Crippen molar-refractivity contribution in [3.8, 4) is 17.1 Å². The van der Waals surface area contributed by atoms with Crippen molar-refractivity contribution in [3.63, 3.8) is 0 Å². The summed E-state index contributed by atoms with van der Waals surface area (Å²) >= 11 is 5.23. The second-order valence-electron chi connectivity index (χ2n) is 7.95. The number of fused-ring (bicyclic) bond motifs is 3. The molecule has 7 heteroatoms. The third-order valence-corrected chi connectivity index (χ3v) is 7.06. The molecule has 1 aliphatic carbocycles. The molecule has 29 heavy (non-hydrogen) atoms. The summed E-state index contributed by atoms with van der Waals surface area (Å²) in [4.78, 5) is 4.76. The lowest BCUT2D eigenvalue weighted by molar-refractivity contribution is 0.114. The molecule has 1 aromatic heterocycles. The van der Waals surface area contributed by atoms with Crippen LogP contribution >= 0.6 is 27.7 Å². The van der Waals surface area contributed by atoms with Crippen LogP contribution in [-0.4, -0.2) is 27.2 Å². The Bertz CT molecular complexity index is 920. The molecule has 154 valence electrons. The van der Waals surface area contributed by atoms with Crippen molar-refractivity contribution >= 4 is 33.4 Å². The largest absolute Gasteiger partial charge is 0.452 e. The summed E-state index contributed by atoms with van der Waals surface area (Å²) in [6.07, 6.45) is 6.59. The first-order valence-corrected chi connectivity index (χ1v) is 12.1. The van der Waals surface area contributed by atoms with E-state index in [4.69, 9.17) is 9.72 Å². The number of nitrogens with zero attached hydrogens (tertiary/aromatic N) is 3. The van der Waals surface area contributed by atoms with E-state index in [0.717, 1.165) is 47.2 Å². The maximum absolute atomic E-state index is 6.49. The number of benzene rings is 1. The van der Waals surface area contributed by atoms with E-state index in [0.29, 0.717) is 28.6 Å². The Labute approximate surface area is 185 Å². The molecule has 3 unspecified atom stereocenters. The predicted octanol–water partition coefficient (Wildman–Crippen LogP) is 6.32. The minimum atomic E-state index is -0.152. The molecule has 0 radical (unpaired) electrons. The first-order valence-electron chi connectivity index (χ1n) is 10.3. The Balaban J connectivity index is 1.71. The van der Waals surface area contributed by atoms with Gasteiger partial charge in [0.15, 0.2) is 11.9 Å². The van der Waals surface area contributed by atoms with Crippen molar-refractivity contribution in [1.82, 2.24) is 15.2 Å². The van der Waals surface area contributed by atoms with Gasteiger partial charge in [-0.2, -0.15) is 4.98 Å². The average molecular weight is 475 g/mol. The molecule has 2 aliphatic rings. The molecule has 0 saturated heterocycles. The van der Waals surface area contributed by atoms with Gasteiger partial charge in [0.1, 0.15) is 0 Å². The van der Waals surface area contributed by atoms with Crippen LogP contribution in [0.15, 0.2) is 39.5 Å². The summed E-state index contributed by atoms with van der Waals surface area (Å²) in [7, 11) is 0. The number of hydrogen-bond donors (Lipinski definition) is 1. The fourth-order valence-electron chi connectivity index (χ4n) is 3.99. The summed E-state index contributed by atoms with van der Waals surface area (Å²) < 4.78 is 7.48. The summed E-state index contributed by atoms with van der Waals surface area (Å²) in [5, 5.41) is 13.2. The zero-order chi connectivity index (χ0) is 20.4. The van der Waals surface area contributed by atoms with Crippen molar-refractivity contribution in [2.75, 3.05) is 11.1 Å². The summed E-state index contributed by atoms with van der Waals surface area (Å²) in [5.74, 6) is 2.47. The highest BCUT2D eigenvalue weighted by molar-refractivity contribution is 9.10. The van der Waals surface area contributed by atoms with E-state index in [1.165, 1.54) is 5.57 Å². The molecule has 0 amide bonds. The second-order valence-corrected chi connectivity index (χ2v) is 9.93. The Kier molecular flexibility index (Phi) is 6.44. The highest BCUT2D eigenvalue weighted by Crippen LogP contribution is 2.41. The molecule has 3 atom stereocenters. The van der Waals surface area contributed by atoms with Crippen LogP contribution in [0.5, 0.6) is 5.88 Å². The van der Waals surface area contributed by atoms with E-state index in [9.17, 15) is 0 Å². The minimum absolute atomic E-state index is 0.152. The lowest BCUT2D eigenvalue weighted by atomic mass is 9.80. The van der Waals surface area contributed by atoms with Gasteiger partial charge in [-0.15, -0.1) is 10.2 Å². The van der Waals surface area contributed by atoms with E-state index in [2.05, 4.69) is 70.4 Å². The Morgan fingerprint density at radius 3 is 2.97 bits per heavy atom. The van der Waals surface area contributed by atoms with Crippen molar-refractivity contribution < 1.29 is 4.74 Å². The molecule has 0 saturated carbocycles. The topological polar surface area (TPSA) is 59.9 Å². The number of ether oxygens (including phenoxy) is 1. The van der Waals surface area contributed by atoms with Crippen LogP contribution in [0.3, 0.4) is 0 Å². The molecule has 0 fully saturated rings. The van der Waals surface area contributed by atoms with Crippen LogP contribution in [0, 0.1) is 11.8 Å². The SMILES string of the molecule is CCCCSc1nnc2c(n1)OC(C1CC=C(C)CC1C)Nc1ccc(Br)cc1-2. The van der Waals surface area contributed by atoms with Crippen LogP contribution in [0.1, 0.15) is 46.5 Å². The maximum Gasteiger partial charge on any atom is 0.247 e. The number of thioether (sulfide) groups is 1. The number of unbranched alkanes of at least 4 members (excludes halogenated alkanes) is 1. The van der Waals surface area contributed by atoms with Crippen LogP contribution < -0.4 is 10.1 Å². The standard InChI is InChI=1S/C22H27BrN4OS/c1-4-5-10-29-22-25-21-19(26-27-22)17-12-15(23)7-9-18(17)24-20(28-21)16-8-6-13(2)11-14(16)3/h6-7,9,12,14,16,20,24H,4-5,8,10-11H2,1-3H3. The monoisotopic (exact) mass is 474 g/mol. The average Bonchev–Trinajstić information content (AvgIpc) is 2.84. The molecule has 2 aromatic rings. The zero-order valence-corrected chi connectivity index (χ0v) is 19.5. The van der Waals surface area contributed by atoms with Crippen LogP contribution in [0.2, 0.25) is 0 Å². The van der Waals surface area contributed by atoms with Crippen LogP contribution in [0.25, 0.3) is 11.3 Å². The molecular weight excluding hydrogens is 448 g/mol. The minimum Gasteiger partial charge on any atom is -0.452 e. The van der Waals surface area contributed by atoms with E-state index in [-0.39, 0.29) is 6.23 Å². The van der Waals surface area contributed by atoms with E-state index in [1.54, 1.807) is 11.8 Å². The van der Waals surface area contributed by atoms with Crippen molar-refractivity contribution in [2.24, 2.45) is 11.8 Å². The number of rotatable bonds is 5. The van der Waals surface area contributed by atoms with Gasteiger partial charge in [0, 0.05) is 27.4 Å². The number of anilines is 1. The third-order valence-electron chi connectivity index (χ3n) is 5.64. The smallest absolute Gasteiger partial charge is 0.247 e. The van der Waals surface area contributed by atoms with Gasteiger partial charge in [0.2, 0.25) is 11.0 Å². The molecule has 1 N–H and O–H groups in total. The highest BCUT2D eigenvalue weighted by Gasteiger charge is 2.34. The quantitative estimate of drug-likeness (QED) is 0.310.